The van der Waals surface area contributed by atoms with Crippen molar-refractivity contribution in [1.29, 1.82) is 0 Å². The number of hydrogen-bond donors (Lipinski definition) is 2. The Hall–Kier alpha value is -2.60. The number of halogens is 1. The monoisotopic (exact) mass is 345 g/mol. The lowest BCUT2D eigenvalue weighted by Crippen LogP contribution is -2.36. The Kier molecular flexibility index (Phi) is 6.77. The fourth-order valence-corrected chi connectivity index (χ4v) is 2.48. The quantitative estimate of drug-likeness (QED) is 0.805. The molecule has 0 radical (unpaired) electrons. The Bertz CT molecular complexity index is 689. The second-order valence-corrected chi connectivity index (χ2v) is 5.83. The molecule has 134 valence electrons. The summed E-state index contributed by atoms with van der Waals surface area (Å²) in [4.78, 5) is 14.1. The minimum absolute atomic E-state index is 0.0545. The minimum Gasteiger partial charge on any atom is -0.494 e. The van der Waals surface area contributed by atoms with Crippen LogP contribution in [0.3, 0.4) is 0 Å². The zero-order valence-electron chi connectivity index (χ0n) is 14.8. The third-order valence-electron chi connectivity index (χ3n) is 3.74. The van der Waals surface area contributed by atoms with Gasteiger partial charge in [0.1, 0.15) is 11.6 Å². The van der Waals surface area contributed by atoms with Gasteiger partial charge < -0.3 is 20.3 Å². The first-order chi connectivity index (χ1) is 12.0. The highest BCUT2D eigenvalue weighted by molar-refractivity contribution is 5.89. The third kappa shape index (κ3) is 5.76. The van der Waals surface area contributed by atoms with Crippen LogP contribution in [0.1, 0.15) is 18.5 Å². The maximum absolute atomic E-state index is 13.1. The molecule has 0 fully saturated rings. The van der Waals surface area contributed by atoms with E-state index in [0.717, 1.165) is 5.56 Å². The van der Waals surface area contributed by atoms with Gasteiger partial charge in [-0.05, 0) is 50.8 Å². The van der Waals surface area contributed by atoms with Gasteiger partial charge in [0.25, 0.3) is 0 Å². The number of nitrogens with one attached hydrogen (secondary N) is 2. The topological polar surface area (TPSA) is 53.6 Å². The smallest absolute Gasteiger partial charge is 0.319 e. The number of nitrogens with zero attached hydrogens (tertiary/aromatic N) is 1. The van der Waals surface area contributed by atoms with E-state index in [-0.39, 0.29) is 17.9 Å². The molecule has 2 amide bonds. The summed E-state index contributed by atoms with van der Waals surface area (Å²) >= 11 is 0. The lowest BCUT2D eigenvalue weighted by molar-refractivity contribution is 0.243. The van der Waals surface area contributed by atoms with E-state index in [1.165, 1.54) is 12.1 Å². The average molecular weight is 345 g/mol. The number of benzene rings is 2. The van der Waals surface area contributed by atoms with Crippen molar-refractivity contribution in [3.63, 3.8) is 0 Å². The van der Waals surface area contributed by atoms with Gasteiger partial charge in [0, 0.05) is 18.3 Å². The number of likely N-dealkylation sites (N-methyl/N-ethyl adjacent to an activating group) is 1. The van der Waals surface area contributed by atoms with Crippen molar-refractivity contribution in [2.75, 3.05) is 32.6 Å². The van der Waals surface area contributed by atoms with Gasteiger partial charge in [-0.3, -0.25) is 0 Å². The van der Waals surface area contributed by atoms with Gasteiger partial charge in [0.15, 0.2) is 0 Å². The molecular weight excluding hydrogens is 321 g/mol. The van der Waals surface area contributed by atoms with Gasteiger partial charge in [0.05, 0.1) is 12.6 Å². The fraction of sp³-hybridized carbons (Fsp3) is 0.316. The summed E-state index contributed by atoms with van der Waals surface area (Å²) in [6.45, 7) is 2.87. The predicted molar refractivity (Wildman–Crippen MR) is 97.5 cm³/mol. The standard InChI is InChI=1S/C19H24FN3O2/c1-4-25-17-7-5-6-16(12-17)22-19(24)21-13-18(23(2)3)14-8-10-15(20)11-9-14/h5-12,18H,4,13H2,1-3H3,(H2,21,22,24). The van der Waals surface area contributed by atoms with Crippen LogP contribution in [0, 0.1) is 5.82 Å². The largest absolute Gasteiger partial charge is 0.494 e. The van der Waals surface area contributed by atoms with Crippen LogP contribution in [0.25, 0.3) is 0 Å². The molecule has 2 aromatic carbocycles. The Morgan fingerprint density at radius 1 is 1.20 bits per heavy atom. The van der Waals surface area contributed by atoms with Crippen LogP contribution >= 0.6 is 0 Å². The molecule has 0 aliphatic carbocycles. The van der Waals surface area contributed by atoms with Gasteiger partial charge >= 0.3 is 6.03 Å². The SMILES string of the molecule is CCOc1cccc(NC(=O)NCC(c2ccc(F)cc2)N(C)C)c1. The lowest BCUT2D eigenvalue weighted by Gasteiger charge is -2.25. The maximum Gasteiger partial charge on any atom is 0.319 e. The highest BCUT2D eigenvalue weighted by Crippen LogP contribution is 2.19. The fourth-order valence-electron chi connectivity index (χ4n) is 2.48. The predicted octanol–water partition coefficient (Wildman–Crippen LogP) is 3.65. The van der Waals surface area contributed by atoms with Gasteiger partial charge in [-0.1, -0.05) is 18.2 Å². The maximum atomic E-state index is 13.1. The molecule has 2 rings (SSSR count). The summed E-state index contributed by atoms with van der Waals surface area (Å²) in [6.07, 6.45) is 0. The van der Waals surface area contributed by atoms with E-state index in [4.69, 9.17) is 4.74 Å². The second-order valence-electron chi connectivity index (χ2n) is 5.83. The molecule has 2 aromatic rings. The van der Waals surface area contributed by atoms with E-state index < -0.39 is 0 Å². The van der Waals surface area contributed by atoms with E-state index in [1.54, 1.807) is 24.3 Å². The highest BCUT2D eigenvalue weighted by Gasteiger charge is 2.15. The molecule has 0 heterocycles. The van der Waals surface area contributed by atoms with Crippen LogP contribution < -0.4 is 15.4 Å². The molecule has 25 heavy (non-hydrogen) atoms. The zero-order chi connectivity index (χ0) is 18.2. The van der Waals surface area contributed by atoms with Crippen molar-refractivity contribution in [2.45, 2.75) is 13.0 Å². The Labute approximate surface area is 147 Å². The molecular formula is C19H24FN3O2. The Morgan fingerprint density at radius 2 is 1.92 bits per heavy atom. The molecule has 0 aliphatic rings. The number of carbonyl (C=O) groups excluding carboxylic acids is 1. The van der Waals surface area contributed by atoms with Crippen molar-refractivity contribution in [3.05, 3.63) is 59.9 Å². The van der Waals surface area contributed by atoms with Gasteiger partial charge in [-0.2, -0.15) is 0 Å². The molecule has 0 aromatic heterocycles. The molecule has 0 aliphatic heterocycles. The summed E-state index contributed by atoms with van der Waals surface area (Å²) in [6, 6.07) is 13.2. The van der Waals surface area contributed by atoms with Crippen LogP contribution in [-0.2, 0) is 0 Å². The average Bonchev–Trinajstić information content (AvgIpc) is 2.57. The summed E-state index contributed by atoms with van der Waals surface area (Å²) in [5.74, 6) is 0.430. The summed E-state index contributed by atoms with van der Waals surface area (Å²) in [7, 11) is 3.83. The molecule has 1 unspecified atom stereocenters. The Balaban J connectivity index is 1.95. The molecule has 0 saturated carbocycles. The number of amides is 2. The number of carbonyl (C=O) groups is 1. The first-order valence-corrected chi connectivity index (χ1v) is 8.19. The van der Waals surface area contributed by atoms with Crippen molar-refractivity contribution < 1.29 is 13.9 Å². The van der Waals surface area contributed by atoms with Crippen LogP contribution in [0.4, 0.5) is 14.9 Å². The minimum atomic E-state index is -0.303. The van der Waals surface area contributed by atoms with Crippen LogP contribution in [0.15, 0.2) is 48.5 Å². The molecule has 0 saturated heterocycles. The molecule has 2 N–H and O–H groups in total. The summed E-state index contributed by atoms with van der Waals surface area (Å²) < 4.78 is 18.5. The van der Waals surface area contributed by atoms with E-state index in [2.05, 4.69) is 10.6 Å². The zero-order valence-corrected chi connectivity index (χ0v) is 14.8. The van der Waals surface area contributed by atoms with Gasteiger partial charge in [-0.15, -0.1) is 0 Å². The normalized spacial score (nSPS) is 11.9. The first kappa shape index (κ1) is 18.7. The molecule has 6 heteroatoms. The van der Waals surface area contributed by atoms with Crippen molar-refractivity contribution in [1.82, 2.24) is 10.2 Å². The molecule has 5 nitrogen and oxygen atoms in total. The van der Waals surface area contributed by atoms with E-state index in [0.29, 0.717) is 24.6 Å². The van der Waals surface area contributed by atoms with Gasteiger partial charge in [0.2, 0.25) is 0 Å². The number of ether oxygens (including phenoxy) is 1. The van der Waals surface area contributed by atoms with E-state index >= 15 is 0 Å². The number of rotatable bonds is 7. The third-order valence-corrected chi connectivity index (χ3v) is 3.74. The second kappa shape index (κ2) is 9.03. The molecule has 0 spiro atoms. The summed E-state index contributed by atoms with van der Waals surface area (Å²) in [5, 5.41) is 5.64. The number of hydrogen-bond acceptors (Lipinski definition) is 3. The summed E-state index contributed by atoms with van der Waals surface area (Å²) in [5.41, 5.74) is 1.59. The first-order valence-electron chi connectivity index (χ1n) is 8.19. The van der Waals surface area contributed by atoms with Crippen molar-refractivity contribution in [2.24, 2.45) is 0 Å². The highest BCUT2D eigenvalue weighted by atomic mass is 19.1. The molecule has 1 atom stereocenters. The number of urea groups is 1. The van der Waals surface area contributed by atoms with Gasteiger partial charge in [-0.25, -0.2) is 9.18 Å². The van der Waals surface area contributed by atoms with E-state index in [1.807, 2.05) is 38.1 Å². The lowest BCUT2D eigenvalue weighted by atomic mass is 10.1. The van der Waals surface area contributed by atoms with Crippen LogP contribution in [0.5, 0.6) is 5.75 Å². The Morgan fingerprint density at radius 3 is 2.56 bits per heavy atom. The molecule has 0 bridgehead atoms. The van der Waals surface area contributed by atoms with Crippen LogP contribution in [0.2, 0.25) is 0 Å². The van der Waals surface area contributed by atoms with Crippen molar-refractivity contribution in [3.8, 4) is 5.75 Å². The van der Waals surface area contributed by atoms with Crippen LogP contribution in [-0.4, -0.2) is 38.2 Å². The van der Waals surface area contributed by atoms with E-state index in [9.17, 15) is 9.18 Å². The van der Waals surface area contributed by atoms with Crippen molar-refractivity contribution >= 4 is 11.7 Å². The number of anilines is 1.